The van der Waals surface area contributed by atoms with Crippen molar-refractivity contribution in [2.24, 2.45) is 7.05 Å². The van der Waals surface area contributed by atoms with Gasteiger partial charge in [-0.15, -0.1) is 0 Å². The van der Waals surface area contributed by atoms with E-state index in [1.165, 1.54) is 10.7 Å². The summed E-state index contributed by atoms with van der Waals surface area (Å²) in [6.07, 6.45) is 5.97. The Morgan fingerprint density at radius 3 is 2.53 bits per heavy atom. The SMILES string of the molecule is COc1ccc(CNC(=O)n2nc(-c3cc(NC(=O)c4cccn4C)ccc3O)cc2C2CCCC2)cc1. The summed E-state index contributed by atoms with van der Waals surface area (Å²) < 4.78 is 8.35. The lowest BCUT2D eigenvalue weighted by molar-refractivity contribution is 0.101. The fourth-order valence-corrected chi connectivity index (χ4v) is 4.91. The van der Waals surface area contributed by atoms with E-state index in [9.17, 15) is 14.7 Å². The number of amides is 2. The molecule has 2 heterocycles. The molecule has 0 bridgehead atoms. The number of ether oxygens (including phenoxy) is 1. The van der Waals surface area contributed by atoms with Crippen molar-refractivity contribution in [1.29, 1.82) is 0 Å². The zero-order valence-electron chi connectivity index (χ0n) is 21.5. The van der Waals surface area contributed by atoms with Crippen LogP contribution in [-0.2, 0) is 13.6 Å². The molecule has 1 aliphatic carbocycles. The van der Waals surface area contributed by atoms with Gasteiger partial charge in [-0.2, -0.15) is 9.78 Å². The molecule has 1 fully saturated rings. The van der Waals surface area contributed by atoms with Crippen molar-refractivity contribution in [2.45, 2.75) is 38.1 Å². The number of rotatable bonds is 7. The summed E-state index contributed by atoms with van der Waals surface area (Å²) in [5, 5.41) is 21.1. The number of nitrogens with zero attached hydrogens (tertiary/aromatic N) is 3. The molecule has 2 amide bonds. The molecule has 0 radical (unpaired) electrons. The first-order valence-electron chi connectivity index (χ1n) is 12.7. The Balaban J connectivity index is 1.41. The Bertz CT molecular complexity index is 1450. The van der Waals surface area contributed by atoms with E-state index in [1.54, 1.807) is 49.2 Å². The lowest BCUT2D eigenvalue weighted by Gasteiger charge is -2.12. The van der Waals surface area contributed by atoms with E-state index < -0.39 is 0 Å². The number of carbonyl (C=O) groups is 2. The molecule has 1 saturated carbocycles. The van der Waals surface area contributed by atoms with Crippen LogP contribution in [0.5, 0.6) is 11.5 Å². The second-order valence-electron chi connectivity index (χ2n) is 9.54. The summed E-state index contributed by atoms with van der Waals surface area (Å²) in [4.78, 5) is 26.0. The van der Waals surface area contributed by atoms with Crippen molar-refractivity contribution in [2.75, 3.05) is 12.4 Å². The third-order valence-corrected chi connectivity index (χ3v) is 7.01. The van der Waals surface area contributed by atoms with Crippen LogP contribution in [0.3, 0.4) is 0 Å². The number of aryl methyl sites for hydroxylation is 1. The second kappa shape index (κ2) is 10.8. The van der Waals surface area contributed by atoms with Gasteiger partial charge in [-0.05, 0) is 66.9 Å². The van der Waals surface area contributed by atoms with E-state index >= 15 is 0 Å². The standard InChI is InChI=1S/C29H31N5O4/c1-33-15-5-8-25(33)28(36)31-21-11-14-27(35)23(16-21)24-17-26(20-6-3-4-7-20)34(32-24)29(37)30-18-19-9-12-22(38-2)13-10-19/h5,8-17,20,35H,3-4,6-7,18H2,1-2H3,(H,30,37)(H,31,36). The molecule has 5 rings (SSSR count). The third kappa shape index (κ3) is 5.27. The Hall–Kier alpha value is -4.53. The topological polar surface area (TPSA) is 110 Å². The van der Waals surface area contributed by atoms with Crippen LogP contribution in [0.25, 0.3) is 11.3 Å². The van der Waals surface area contributed by atoms with Crippen LogP contribution in [0.4, 0.5) is 10.5 Å². The average Bonchev–Trinajstić information content (AvgIpc) is 3.69. The Morgan fingerprint density at radius 2 is 1.84 bits per heavy atom. The van der Waals surface area contributed by atoms with Crippen LogP contribution in [0.15, 0.2) is 66.9 Å². The fraction of sp³-hybridized carbons (Fsp3) is 0.276. The molecule has 0 unspecified atom stereocenters. The van der Waals surface area contributed by atoms with Crippen LogP contribution in [0.2, 0.25) is 0 Å². The Kier molecular flexibility index (Phi) is 7.17. The first kappa shape index (κ1) is 25.1. The maximum Gasteiger partial charge on any atom is 0.342 e. The first-order valence-corrected chi connectivity index (χ1v) is 12.7. The third-order valence-electron chi connectivity index (χ3n) is 7.01. The molecule has 2 aromatic heterocycles. The largest absolute Gasteiger partial charge is 0.507 e. The molecule has 196 valence electrons. The summed E-state index contributed by atoms with van der Waals surface area (Å²) in [5.41, 5.74) is 3.70. The summed E-state index contributed by atoms with van der Waals surface area (Å²) in [6, 6.07) is 17.4. The van der Waals surface area contributed by atoms with Crippen LogP contribution in [0, 0.1) is 0 Å². The van der Waals surface area contributed by atoms with E-state index in [1.807, 2.05) is 30.3 Å². The number of phenols is 1. The van der Waals surface area contributed by atoms with Crippen LogP contribution in [0.1, 0.15) is 53.3 Å². The zero-order chi connectivity index (χ0) is 26.6. The molecule has 0 saturated heterocycles. The number of aromatic nitrogens is 3. The second-order valence-corrected chi connectivity index (χ2v) is 9.54. The number of carbonyl (C=O) groups excluding carboxylic acids is 2. The minimum absolute atomic E-state index is 0.0168. The quantitative estimate of drug-likeness (QED) is 0.292. The summed E-state index contributed by atoms with van der Waals surface area (Å²) >= 11 is 0. The molecule has 2 aromatic carbocycles. The maximum absolute atomic E-state index is 13.3. The smallest absolute Gasteiger partial charge is 0.342 e. The van der Waals surface area contributed by atoms with Gasteiger partial charge in [0.15, 0.2) is 0 Å². The lowest BCUT2D eigenvalue weighted by Crippen LogP contribution is -2.30. The van der Waals surface area contributed by atoms with Crippen molar-refractivity contribution in [3.05, 3.63) is 83.8 Å². The lowest BCUT2D eigenvalue weighted by atomic mass is 10.0. The highest BCUT2D eigenvalue weighted by atomic mass is 16.5. The number of benzene rings is 2. The number of hydrogen-bond acceptors (Lipinski definition) is 5. The van der Waals surface area contributed by atoms with Crippen LogP contribution >= 0.6 is 0 Å². The summed E-state index contributed by atoms with van der Waals surface area (Å²) in [6.45, 7) is 0.341. The van der Waals surface area contributed by atoms with Gasteiger partial charge >= 0.3 is 6.03 Å². The number of aromatic hydroxyl groups is 1. The minimum atomic E-state index is -0.332. The van der Waals surface area contributed by atoms with E-state index in [4.69, 9.17) is 4.74 Å². The molecule has 9 nitrogen and oxygen atoms in total. The summed E-state index contributed by atoms with van der Waals surface area (Å²) in [5.74, 6) is 0.722. The van der Waals surface area contributed by atoms with Crippen molar-refractivity contribution in [3.8, 4) is 22.8 Å². The van der Waals surface area contributed by atoms with Gasteiger partial charge in [-0.3, -0.25) is 4.79 Å². The molecule has 3 N–H and O–H groups in total. The normalized spacial score (nSPS) is 13.4. The fourth-order valence-electron chi connectivity index (χ4n) is 4.91. The van der Waals surface area contributed by atoms with E-state index in [0.717, 1.165) is 42.7 Å². The van der Waals surface area contributed by atoms with Gasteiger partial charge in [-0.1, -0.05) is 25.0 Å². The molecule has 9 heteroatoms. The predicted molar refractivity (Wildman–Crippen MR) is 145 cm³/mol. The Labute approximate surface area is 221 Å². The Morgan fingerprint density at radius 1 is 1.08 bits per heavy atom. The number of hydrogen-bond donors (Lipinski definition) is 3. The highest BCUT2D eigenvalue weighted by Gasteiger charge is 2.26. The molecule has 0 spiro atoms. The van der Waals surface area contributed by atoms with Gasteiger partial charge < -0.3 is 25.0 Å². The van der Waals surface area contributed by atoms with E-state index in [2.05, 4.69) is 15.7 Å². The van der Waals surface area contributed by atoms with Crippen molar-refractivity contribution < 1.29 is 19.4 Å². The molecule has 0 aliphatic heterocycles. The molecule has 1 aliphatic rings. The van der Waals surface area contributed by atoms with Gasteiger partial charge in [0.05, 0.1) is 18.5 Å². The average molecular weight is 514 g/mol. The molecule has 0 atom stereocenters. The number of nitrogens with one attached hydrogen (secondary N) is 2. The monoisotopic (exact) mass is 513 g/mol. The van der Waals surface area contributed by atoms with E-state index in [-0.39, 0.29) is 23.6 Å². The van der Waals surface area contributed by atoms with Gasteiger partial charge in [0.25, 0.3) is 5.91 Å². The van der Waals surface area contributed by atoms with E-state index in [0.29, 0.717) is 29.2 Å². The molecule has 38 heavy (non-hydrogen) atoms. The zero-order valence-corrected chi connectivity index (χ0v) is 21.5. The molecular weight excluding hydrogens is 482 g/mol. The highest BCUT2D eigenvalue weighted by molar-refractivity contribution is 6.03. The highest BCUT2D eigenvalue weighted by Crippen LogP contribution is 2.38. The van der Waals surface area contributed by atoms with Gasteiger partial charge in [0.1, 0.15) is 17.2 Å². The van der Waals surface area contributed by atoms with Crippen LogP contribution in [-0.4, -0.2) is 38.5 Å². The van der Waals surface area contributed by atoms with Crippen molar-refractivity contribution >= 4 is 17.6 Å². The predicted octanol–water partition coefficient (Wildman–Crippen LogP) is 5.27. The summed E-state index contributed by atoms with van der Waals surface area (Å²) in [7, 11) is 3.41. The van der Waals surface area contributed by atoms with Gasteiger partial charge in [0.2, 0.25) is 0 Å². The number of methoxy groups -OCH3 is 1. The number of anilines is 1. The first-order chi connectivity index (χ1) is 18.4. The van der Waals surface area contributed by atoms with Crippen LogP contribution < -0.4 is 15.4 Å². The van der Waals surface area contributed by atoms with Crippen molar-refractivity contribution in [3.63, 3.8) is 0 Å². The molecular formula is C29H31N5O4. The van der Waals surface area contributed by atoms with Gasteiger partial charge in [-0.25, -0.2) is 4.79 Å². The maximum atomic E-state index is 13.3. The minimum Gasteiger partial charge on any atom is -0.507 e. The van der Waals surface area contributed by atoms with Gasteiger partial charge in [0, 0.05) is 37.0 Å². The van der Waals surface area contributed by atoms with Crippen molar-refractivity contribution in [1.82, 2.24) is 19.7 Å². The number of phenolic OH excluding ortho intramolecular Hbond substituents is 1. The molecule has 4 aromatic rings.